The van der Waals surface area contributed by atoms with E-state index in [0.29, 0.717) is 105 Å². The maximum Gasteiger partial charge on any atom is 0.335 e. The van der Waals surface area contributed by atoms with Gasteiger partial charge in [-0.1, -0.05) is 110 Å². The molecule has 0 spiro atoms. The number of anilines is 2. The van der Waals surface area contributed by atoms with Gasteiger partial charge in [-0.3, -0.25) is 25.0 Å². The molecule has 12 rings (SSSR count). The summed E-state index contributed by atoms with van der Waals surface area (Å²) in [4.78, 5) is 64.2. The van der Waals surface area contributed by atoms with E-state index >= 15 is 0 Å². The Morgan fingerprint density at radius 3 is 1.43 bits per heavy atom. The average Bonchev–Trinajstić information content (AvgIpc) is 1.61. The fourth-order valence-corrected chi connectivity index (χ4v) is 13.6. The fraction of sp³-hybridized carbons (Fsp3) is 0.219. The van der Waals surface area contributed by atoms with Crippen molar-refractivity contribution in [3.63, 3.8) is 0 Å². The normalized spacial score (nSPS) is 13.7. The molecule has 6 heterocycles. The first-order valence-corrected chi connectivity index (χ1v) is 32.2. The highest BCUT2D eigenvalue weighted by atomic mass is 35.5. The van der Waals surface area contributed by atoms with E-state index in [0.717, 1.165) is 31.3 Å². The summed E-state index contributed by atoms with van der Waals surface area (Å²) in [5.41, 5.74) is 4.32. The highest BCUT2D eigenvalue weighted by molar-refractivity contribution is 7.90. The van der Waals surface area contributed by atoms with Crippen LogP contribution >= 0.6 is 23.2 Å². The van der Waals surface area contributed by atoms with Crippen LogP contribution < -0.4 is 16.0 Å². The molecule has 0 radical (unpaired) electrons. The van der Waals surface area contributed by atoms with Crippen molar-refractivity contribution >= 4 is 100 Å². The van der Waals surface area contributed by atoms with Crippen LogP contribution in [-0.4, -0.2) is 115 Å². The summed E-state index contributed by atoms with van der Waals surface area (Å²) < 4.78 is 62.6. The molecule has 2 fully saturated rings. The molecule has 2 aliphatic rings. The van der Waals surface area contributed by atoms with Crippen molar-refractivity contribution in [2.45, 2.75) is 75.2 Å². The number of likely N-dealkylation sites (tertiary alicyclic amines) is 1. The number of aromatic carboxylic acids is 1. The summed E-state index contributed by atoms with van der Waals surface area (Å²) in [6.07, 6.45) is 9.41. The Bertz CT molecular complexity index is 4590. The zero-order valence-electron chi connectivity index (χ0n) is 50.3. The van der Waals surface area contributed by atoms with Gasteiger partial charge in [0.15, 0.2) is 0 Å². The van der Waals surface area contributed by atoms with E-state index in [1.807, 2.05) is 30.3 Å². The first-order valence-electron chi connectivity index (χ1n) is 29.2. The van der Waals surface area contributed by atoms with Gasteiger partial charge in [0.1, 0.15) is 0 Å². The Kier molecular flexibility index (Phi) is 20.4. The molecule has 2 saturated heterocycles. The predicted molar refractivity (Wildman–Crippen MR) is 350 cm³/mol. The molecule has 0 unspecified atom stereocenters. The van der Waals surface area contributed by atoms with Crippen LogP contribution in [0.5, 0.6) is 0 Å². The molecule has 27 heteroatoms. The first-order chi connectivity index (χ1) is 44.1. The van der Waals surface area contributed by atoms with Gasteiger partial charge >= 0.3 is 5.97 Å². The second-order valence-corrected chi connectivity index (χ2v) is 25.3. The number of aryl methyl sites for hydroxylation is 2. The smallest absolute Gasteiger partial charge is 0.335 e. The van der Waals surface area contributed by atoms with Gasteiger partial charge in [0.2, 0.25) is 11.9 Å². The van der Waals surface area contributed by atoms with Gasteiger partial charge in [0.05, 0.1) is 70.1 Å². The Morgan fingerprint density at radius 2 is 1.01 bits per heavy atom. The number of aromatic nitrogens is 6. The number of piperidine rings is 2. The lowest BCUT2D eigenvalue weighted by Crippen LogP contribution is -2.42. The molecular weight excluding hydrogens is 1250 g/mol. The summed E-state index contributed by atoms with van der Waals surface area (Å²) in [6.45, 7) is 8.28. The van der Waals surface area contributed by atoms with Gasteiger partial charge in [-0.2, -0.15) is 0 Å². The number of benzene rings is 6. The number of rotatable bonds is 14. The maximum atomic E-state index is 13.6. The van der Waals surface area contributed by atoms with E-state index in [1.54, 1.807) is 116 Å². The maximum absolute atomic E-state index is 13.6. The number of nitro benzene ring substituents is 2. The number of halogens is 2. The lowest BCUT2D eigenvalue weighted by molar-refractivity contribution is -0.385. The standard InChI is InChI=1S/C31H27ClN6O5S.C23H22ClN5O2S.C8H7NO4.C2H6/c1-20-17-21(11-12-27(20)38(40)41)30(39)36-15-13-22(14-16-36)34-31-33-18-26(32)29(35-31)25-19-37(28-10-6-5-9-24(25)28)44(42,43)23-7-3-2-4-8-23;24-20-14-26-23(27-16-10-12-25-13-11-16)28-22(20)19-15-29(21-9-5-4-8-18(19)21)32(30,31)17-6-2-1-3-7-17;1-5-4-6(8(10)11)2-3-7(5)9(12)13;1-2/h2-12,17-19,22H,13-16H2,1H3,(H,33,34,35);1-9,14-16,25H,10-13H2,(H,26,27,28);2-4H,1H3,(H,10,11);1-2H3/i;;;1D. The number of hydrogen-bond donors (Lipinski definition) is 4. The van der Waals surface area contributed by atoms with Gasteiger partial charge in [0.25, 0.3) is 37.3 Å². The topological polar surface area (TPSA) is 310 Å². The quantitative estimate of drug-likeness (QED) is 0.0581. The van der Waals surface area contributed by atoms with Gasteiger partial charge in [-0.05, 0) is 113 Å². The summed E-state index contributed by atoms with van der Waals surface area (Å²) >= 11 is 13.1. The zero-order valence-corrected chi connectivity index (χ0v) is 52.5. The highest BCUT2D eigenvalue weighted by Gasteiger charge is 2.29. The van der Waals surface area contributed by atoms with E-state index in [2.05, 4.69) is 30.9 Å². The van der Waals surface area contributed by atoms with Crippen LogP contribution in [0.25, 0.3) is 44.3 Å². The molecular formula is C64H62Cl2N12O11S2. The van der Waals surface area contributed by atoms with Crippen molar-refractivity contribution in [1.29, 1.82) is 0 Å². The van der Waals surface area contributed by atoms with E-state index in [4.69, 9.17) is 34.7 Å². The number of fused-ring (bicyclic) bond motifs is 2. The van der Waals surface area contributed by atoms with Gasteiger partial charge in [-0.25, -0.2) is 49.5 Å². The van der Waals surface area contributed by atoms with Crippen LogP contribution in [0.2, 0.25) is 10.0 Å². The van der Waals surface area contributed by atoms with Crippen LogP contribution in [0.4, 0.5) is 23.3 Å². The third-order valence-corrected chi connectivity index (χ3v) is 19.0. The van der Waals surface area contributed by atoms with E-state index in [-0.39, 0.29) is 49.7 Å². The van der Waals surface area contributed by atoms with Crippen molar-refractivity contribution in [1.82, 2.24) is 38.1 Å². The minimum atomic E-state index is -3.89. The summed E-state index contributed by atoms with van der Waals surface area (Å²) in [5, 5.41) is 42.2. The van der Waals surface area contributed by atoms with Crippen LogP contribution in [0.3, 0.4) is 0 Å². The number of carbonyl (C=O) groups is 2. The molecule has 10 aromatic rings. The molecule has 4 aromatic heterocycles. The van der Waals surface area contributed by atoms with E-state index < -0.39 is 35.9 Å². The molecule has 6 aromatic carbocycles. The van der Waals surface area contributed by atoms with Crippen molar-refractivity contribution < 1.29 is 42.7 Å². The first kappa shape index (κ1) is 64.3. The molecule has 470 valence electrons. The van der Waals surface area contributed by atoms with Crippen LogP contribution in [0, 0.1) is 34.1 Å². The summed E-state index contributed by atoms with van der Waals surface area (Å²) in [5.74, 6) is -0.437. The Balaban J connectivity index is 0.000000181. The second-order valence-electron chi connectivity index (χ2n) is 20.8. The molecule has 0 bridgehead atoms. The molecule has 23 nitrogen and oxygen atoms in total. The lowest BCUT2D eigenvalue weighted by atomic mass is 10.0. The van der Waals surface area contributed by atoms with Gasteiger partial charge < -0.3 is 26.0 Å². The Hall–Kier alpha value is -9.66. The number of carboxylic acids is 1. The minimum Gasteiger partial charge on any atom is -0.478 e. The zero-order chi connectivity index (χ0) is 65.9. The highest BCUT2D eigenvalue weighted by Crippen LogP contribution is 2.38. The minimum absolute atomic E-state index is 0.0193. The van der Waals surface area contributed by atoms with Crippen LogP contribution in [0.1, 0.15) is 72.7 Å². The summed E-state index contributed by atoms with van der Waals surface area (Å²) in [6, 6.07) is 39.4. The van der Waals surface area contributed by atoms with Crippen molar-refractivity contribution in [2.75, 3.05) is 36.8 Å². The molecule has 1 amide bonds. The number of para-hydroxylation sites is 2. The monoisotopic (exact) mass is 1310 g/mol. The molecule has 0 saturated carbocycles. The number of hydrogen-bond acceptors (Lipinski definition) is 17. The number of nitrogens with zero attached hydrogens (tertiary/aromatic N) is 9. The average molecular weight is 1310 g/mol. The Labute approximate surface area is 535 Å². The third kappa shape index (κ3) is 14.8. The second kappa shape index (κ2) is 28.9. The van der Waals surface area contributed by atoms with Crippen LogP contribution in [0.15, 0.2) is 180 Å². The van der Waals surface area contributed by atoms with Gasteiger partial charge in [-0.15, -0.1) is 0 Å². The SMILES string of the molecule is Cc1cc(C(=O)N2CCC(Nc3ncc(Cl)c(-c4cn(S(=O)(=O)c5ccccc5)c5ccccc45)n3)CC2)ccc1[N+](=O)[O-].Cc1cc(C(=O)O)ccc1[N+](=O)[O-].O=S(=O)(c1ccccc1)n1cc(-c2nc(NC3CCNCC3)ncc2Cl)c2ccccc21.[2H]CC. The van der Waals surface area contributed by atoms with Gasteiger partial charge in [0, 0.05) is 89.7 Å². The number of nitrogens with one attached hydrogen (secondary N) is 3. The van der Waals surface area contributed by atoms with Crippen LogP contribution in [-0.2, 0) is 20.0 Å². The summed E-state index contributed by atoms with van der Waals surface area (Å²) in [7, 11) is -7.68. The number of amides is 1. The molecule has 0 atom stereocenters. The fourth-order valence-electron chi connectivity index (χ4n) is 10.5. The van der Waals surface area contributed by atoms with Crippen molar-refractivity contribution in [3.8, 4) is 22.5 Å². The lowest BCUT2D eigenvalue weighted by Gasteiger charge is -2.32. The van der Waals surface area contributed by atoms with Crippen molar-refractivity contribution in [2.24, 2.45) is 0 Å². The largest absolute Gasteiger partial charge is 0.478 e. The van der Waals surface area contributed by atoms with E-state index in [1.165, 1.54) is 57.6 Å². The number of nitro groups is 2. The van der Waals surface area contributed by atoms with Crippen molar-refractivity contribution in [3.05, 3.63) is 223 Å². The third-order valence-electron chi connectivity index (χ3n) is 15.0. The Morgan fingerprint density at radius 1 is 0.615 bits per heavy atom. The van der Waals surface area contributed by atoms with E-state index in [9.17, 15) is 46.7 Å². The molecule has 2 aliphatic heterocycles. The number of carbonyl (C=O) groups excluding carboxylic acids is 1. The predicted octanol–water partition coefficient (Wildman–Crippen LogP) is 12.7. The molecule has 0 aliphatic carbocycles. The molecule has 4 N–H and O–H groups in total. The number of carboxylic acid groups (broad SMARTS) is 1. The molecule has 91 heavy (non-hydrogen) atoms.